The zero-order valence-electron chi connectivity index (χ0n) is 30.6. The number of ether oxygens (including phenoxy) is 1. The lowest BCUT2D eigenvalue weighted by molar-refractivity contribution is 0.0600. The van der Waals surface area contributed by atoms with Crippen LogP contribution in [-0.4, -0.2) is 73.4 Å². The van der Waals surface area contributed by atoms with Crippen LogP contribution < -0.4 is 15.5 Å². The number of rotatable bonds is 9. The molecule has 0 unspecified atom stereocenters. The molecule has 0 aliphatic carbocycles. The van der Waals surface area contributed by atoms with Crippen molar-refractivity contribution in [2.24, 2.45) is 5.73 Å². The Morgan fingerprint density at radius 1 is 0.611 bits per heavy atom. The third kappa shape index (κ3) is 11.3. The molecule has 2 aliphatic rings. The first-order chi connectivity index (χ1) is 26.2. The molecule has 4 amide bonds. The molecule has 2 saturated heterocycles. The molecule has 6 rings (SSSR count). The van der Waals surface area contributed by atoms with Crippen molar-refractivity contribution in [3.63, 3.8) is 0 Å². The Bertz CT molecular complexity index is 1740. The fourth-order valence-electron chi connectivity index (χ4n) is 6.48. The molecule has 2 fully saturated rings. The number of ketones is 1. The number of hydrogen-bond donors (Lipinski definition) is 1. The summed E-state index contributed by atoms with van der Waals surface area (Å²) < 4.78 is 6.60. The molecule has 10 nitrogen and oxygen atoms in total. The Hall–Kier alpha value is -4.52. The average Bonchev–Trinajstić information content (AvgIpc) is 3.22. The van der Waals surface area contributed by atoms with E-state index in [1.54, 1.807) is 34.1 Å². The number of hydrogen-bond acceptors (Lipinski definition) is 6. The van der Waals surface area contributed by atoms with Gasteiger partial charge in [0.1, 0.15) is 0 Å². The van der Waals surface area contributed by atoms with E-state index >= 15 is 0 Å². The van der Waals surface area contributed by atoms with Gasteiger partial charge in [-0.1, -0.05) is 80.4 Å². The molecule has 4 aromatic rings. The highest BCUT2D eigenvalue weighted by Crippen LogP contribution is 2.26. The van der Waals surface area contributed by atoms with Crippen LogP contribution in [0, 0.1) is 0 Å². The number of benzene rings is 4. The number of nitrogens with two attached hydrogens (primary N) is 1. The summed E-state index contributed by atoms with van der Waals surface area (Å²) in [5, 5.41) is 0. The molecular formula is C42H47Br2N5O5. The van der Waals surface area contributed by atoms with Gasteiger partial charge in [-0.25, -0.2) is 14.4 Å². The minimum Gasteiger partial charge on any atom is -0.465 e. The average molecular weight is 862 g/mol. The van der Waals surface area contributed by atoms with Crippen molar-refractivity contribution in [1.82, 2.24) is 9.80 Å². The van der Waals surface area contributed by atoms with Crippen molar-refractivity contribution in [1.29, 1.82) is 0 Å². The summed E-state index contributed by atoms with van der Waals surface area (Å²) in [6, 6.07) is 30.1. The van der Waals surface area contributed by atoms with Crippen LogP contribution >= 0.6 is 31.9 Å². The molecule has 0 atom stereocenters. The predicted molar refractivity (Wildman–Crippen MR) is 220 cm³/mol. The van der Waals surface area contributed by atoms with E-state index in [1.165, 1.54) is 20.0 Å². The Balaban J connectivity index is 0.000000208. The molecular weight excluding hydrogens is 814 g/mol. The molecule has 4 aromatic carbocycles. The van der Waals surface area contributed by atoms with Gasteiger partial charge >= 0.3 is 18.0 Å². The van der Waals surface area contributed by atoms with Crippen LogP contribution in [0.2, 0.25) is 0 Å². The van der Waals surface area contributed by atoms with Crippen LogP contribution in [0.25, 0.3) is 0 Å². The van der Waals surface area contributed by atoms with Crippen LogP contribution in [0.3, 0.4) is 0 Å². The van der Waals surface area contributed by atoms with Crippen LogP contribution in [0.15, 0.2) is 106 Å². The highest BCUT2D eigenvalue weighted by atomic mass is 79.9. The fraction of sp³-hybridized carbons (Fsp3) is 0.333. The Morgan fingerprint density at radius 3 is 1.39 bits per heavy atom. The van der Waals surface area contributed by atoms with E-state index in [2.05, 4.69) is 31.9 Å². The van der Waals surface area contributed by atoms with Crippen LogP contribution in [0.4, 0.5) is 21.0 Å². The second-order valence-corrected chi connectivity index (χ2v) is 15.1. The third-order valence-corrected chi connectivity index (χ3v) is 10.5. The zero-order chi connectivity index (χ0) is 38.5. The summed E-state index contributed by atoms with van der Waals surface area (Å²) in [6.07, 6.45) is 6.55. The van der Waals surface area contributed by atoms with Gasteiger partial charge in [-0.2, -0.15) is 0 Å². The van der Waals surface area contributed by atoms with Gasteiger partial charge in [-0.15, -0.1) is 0 Å². The van der Waals surface area contributed by atoms with E-state index in [4.69, 9.17) is 10.5 Å². The maximum Gasteiger partial charge on any atom is 0.337 e. The van der Waals surface area contributed by atoms with Crippen LogP contribution in [0.5, 0.6) is 0 Å². The summed E-state index contributed by atoms with van der Waals surface area (Å²) in [5.41, 5.74) is 10.1. The smallest absolute Gasteiger partial charge is 0.337 e. The van der Waals surface area contributed by atoms with E-state index in [1.807, 2.05) is 82.6 Å². The first kappa shape index (κ1) is 40.7. The van der Waals surface area contributed by atoms with Crippen molar-refractivity contribution < 1.29 is 23.9 Å². The highest BCUT2D eigenvalue weighted by Gasteiger charge is 2.26. The SMILES string of the molecule is COC(=O)c1ccc(CN(C(=O)N2CCCCC2)c2cccc(Br)c2)cc1.NCC(=O)c1ccc(CN(C(=O)N2CCCCC2)c2cccc(Br)c2)cc1. The number of carbonyl (C=O) groups excluding carboxylic acids is 4. The zero-order valence-corrected chi connectivity index (χ0v) is 33.8. The monoisotopic (exact) mass is 859 g/mol. The number of nitrogens with zero attached hydrogens (tertiary/aromatic N) is 4. The molecule has 284 valence electrons. The van der Waals surface area contributed by atoms with Gasteiger partial charge < -0.3 is 20.3 Å². The lowest BCUT2D eigenvalue weighted by atomic mass is 10.1. The molecule has 54 heavy (non-hydrogen) atoms. The van der Waals surface area contributed by atoms with Crippen molar-refractivity contribution in [3.8, 4) is 0 Å². The van der Waals surface area contributed by atoms with Gasteiger partial charge in [0.05, 0.1) is 32.3 Å². The Labute approximate surface area is 334 Å². The van der Waals surface area contributed by atoms with Gasteiger partial charge in [0, 0.05) is 52.1 Å². The number of Topliss-reactive ketones (excluding diaryl/α,β-unsaturated/α-hetero) is 1. The first-order valence-corrected chi connectivity index (χ1v) is 19.9. The summed E-state index contributed by atoms with van der Waals surface area (Å²) in [6.45, 7) is 4.07. The number of piperidine rings is 2. The molecule has 2 N–H and O–H groups in total. The van der Waals surface area contributed by atoms with Gasteiger partial charge in [0.25, 0.3) is 0 Å². The molecule has 0 bridgehead atoms. The Kier molecular flexibility index (Phi) is 15.2. The third-order valence-electron chi connectivity index (χ3n) is 9.47. The van der Waals surface area contributed by atoms with Crippen molar-refractivity contribution >= 4 is 67.0 Å². The molecule has 2 heterocycles. The lowest BCUT2D eigenvalue weighted by Crippen LogP contribution is -2.45. The number of urea groups is 2. The number of likely N-dealkylation sites (tertiary alicyclic amines) is 2. The molecule has 0 spiro atoms. The summed E-state index contributed by atoms with van der Waals surface area (Å²) in [7, 11) is 1.36. The maximum absolute atomic E-state index is 13.2. The second kappa shape index (κ2) is 20.2. The molecule has 0 saturated carbocycles. The molecule has 0 aromatic heterocycles. The lowest BCUT2D eigenvalue weighted by Gasteiger charge is -2.33. The second-order valence-electron chi connectivity index (χ2n) is 13.3. The van der Waals surface area contributed by atoms with Gasteiger partial charge in [0.15, 0.2) is 5.78 Å². The van der Waals surface area contributed by atoms with Gasteiger partial charge in [-0.3, -0.25) is 14.6 Å². The number of carbonyl (C=O) groups is 4. The van der Waals surface area contributed by atoms with Crippen LogP contribution in [0.1, 0.15) is 70.4 Å². The number of amides is 4. The first-order valence-electron chi connectivity index (χ1n) is 18.3. The van der Waals surface area contributed by atoms with E-state index in [0.717, 1.165) is 83.3 Å². The number of methoxy groups -OCH3 is 1. The van der Waals surface area contributed by atoms with Crippen molar-refractivity contribution in [2.75, 3.05) is 49.6 Å². The topological polar surface area (TPSA) is 116 Å². The minimum absolute atomic E-state index is 0.00302. The van der Waals surface area contributed by atoms with E-state index < -0.39 is 0 Å². The van der Waals surface area contributed by atoms with Gasteiger partial charge in [-0.05, 0) is 98.2 Å². The summed E-state index contributed by atoms with van der Waals surface area (Å²) >= 11 is 6.98. The van der Waals surface area contributed by atoms with E-state index in [0.29, 0.717) is 24.2 Å². The van der Waals surface area contributed by atoms with Crippen molar-refractivity contribution in [3.05, 3.63) is 128 Å². The van der Waals surface area contributed by atoms with E-state index in [-0.39, 0.29) is 30.4 Å². The highest BCUT2D eigenvalue weighted by molar-refractivity contribution is 9.10. The molecule has 0 radical (unpaired) electrons. The van der Waals surface area contributed by atoms with Crippen LogP contribution in [-0.2, 0) is 17.8 Å². The Morgan fingerprint density at radius 2 is 1.02 bits per heavy atom. The maximum atomic E-state index is 13.2. The number of anilines is 2. The minimum atomic E-state index is -0.366. The standard InChI is InChI=1S/C21H24BrN3O2.C21H23BrN2O3/c22-18-5-4-6-19(13-18)25(21(27)24-11-2-1-3-12-24)15-16-7-9-17(10-8-16)20(26)14-23;1-27-20(25)17-10-8-16(9-11-17)15-24(19-7-5-6-18(22)14-19)21(26)23-12-3-2-4-13-23/h4-10,13H,1-3,11-12,14-15,23H2;5-11,14H,2-4,12-13,15H2,1H3. The molecule has 2 aliphatic heterocycles. The number of halogens is 2. The quantitative estimate of drug-likeness (QED) is 0.133. The predicted octanol–water partition coefficient (Wildman–Crippen LogP) is 9.05. The summed E-state index contributed by atoms with van der Waals surface area (Å²) in [4.78, 5) is 57.2. The largest absolute Gasteiger partial charge is 0.465 e. The van der Waals surface area contributed by atoms with E-state index in [9.17, 15) is 19.2 Å². The number of esters is 1. The normalized spacial score (nSPS) is 14.0. The summed E-state index contributed by atoms with van der Waals surface area (Å²) in [5.74, 6) is -0.454. The molecule has 12 heteroatoms. The fourth-order valence-corrected chi connectivity index (χ4v) is 7.26. The van der Waals surface area contributed by atoms with Gasteiger partial charge in [0.2, 0.25) is 0 Å². The van der Waals surface area contributed by atoms with Crippen molar-refractivity contribution in [2.45, 2.75) is 51.6 Å².